The van der Waals surface area contributed by atoms with E-state index in [0.717, 1.165) is 16.8 Å². The van der Waals surface area contributed by atoms with Crippen LogP contribution in [-0.2, 0) is 10.3 Å². The van der Waals surface area contributed by atoms with Crippen LogP contribution in [0, 0.1) is 5.41 Å². The van der Waals surface area contributed by atoms with Gasteiger partial charge in [0.1, 0.15) is 29.1 Å². The van der Waals surface area contributed by atoms with E-state index in [1.807, 2.05) is 66.5 Å². The number of ketones is 1. The van der Waals surface area contributed by atoms with Gasteiger partial charge in [0.2, 0.25) is 0 Å². The molecule has 0 unspecified atom stereocenters. The third kappa shape index (κ3) is 2.36. The van der Waals surface area contributed by atoms with Crippen LogP contribution in [-0.4, -0.2) is 43.9 Å². The maximum atomic E-state index is 14.6. The van der Waals surface area contributed by atoms with Crippen molar-refractivity contribution in [1.82, 2.24) is 4.90 Å². The van der Waals surface area contributed by atoms with Gasteiger partial charge >= 0.3 is 0 Å². The number of likely N-dealkylation sites (N-methyl/N-ethyl adjacent to an activating group) is 1. The molecule has 3 aliphatic heterocycles. The summed E-state index contributed by atoms with van der Waals surface area (Å²) in [6.45, 7) is 0.650. The zero-order valence-corrected chi connectivity index (χ0v) is 18.5. The van der Waals surface area contributed by atoms with Crippen LogP contribution in [0.3, 0.4) is 0 Å². The molecule has 3 heterocycles. The van der Waals surface area contributed by atoms with Crippen LogP contribution in [0.4, 0.5) is 5.69 Å². The Morgan fingerprint density at radius 3 is 2.58 bits per heavy atom. The Kier molecular flexibility index (Phi) is 4.20. The van der Waals surface area contributed by atoms with Crippen molar-refractivity contribution in [3.05, 3.63) is 89.5 Å². The number of carbonyl (C=O) groups is 2. The molecule has 2 spiro atoms. The molecule has 33 heavy (non-hydrogen) atoms. The molecule has 1 N–H and O–H groups in total. The zero-order valence-electron chi connectivity index (χ0n) is 18.5. The minimum Gasteiger partial charge on any atom is -0.497 e. The molecule has 6 nitrogen and oxygen atoms in total. The number of para-hydroxylation sites is 1. The first kappa shape index (κ1) is 20.0. The van der Waals surface area contributed by atoms with Crippen LogP contribution in [0.2, 0.25) is 0 Å². The third-order valence-electron chi connectivity index (χ3n) is 7.66. The van der Waals surface area contributed by atoms with Crippen LogP contribution in [0.1, 0.15) is 27.4 Å². The van der Waals surface area contributed by atoms with Crippen molar-refractivity contribution in [2.45, 2.75) is 11.5 Å². The number of hydrogen-bond acceptors (Lipinski definition) is 5. The number of fused-ring (bicyclic) bond motifs is 4. The number of nitrogens with one attached hydrogen (secondary N) is 1. The van der Waals surface area contributed by atoms with Gasteiger partial charge in [0.25, 0.3) is 5.91 Å². The van der Waals surface area contributed by atoms with E-state index in [1.54, 1.807) is 25.3 Å². The maximum absolute atomic E-state index is 14.6. The van der Waals surface area contributed by atoms with Gasteiger partial charge in [-0.25, -0.2) is 0 Å². The molecule has 0 aromatic heterocycles. The monoisotopic (exact) mass is 440 g/mol. The summed E-state index contributed by atoms with van der Waals surface area (Å²) < 4.78 is 11.7. The van der Waals surface area contributed by atoms with Crippen molar-refractivity contribution in [3.8, 4) is 11.5 Å². The number of hydrogen-bond donors (Lipinski definition) is 1. The van der Waals surface area contributed by atoms with Crippen LogP contribution >= 0.6 is 0 Å². The average Bonchev–Trinajstić information content (AvgIpc) is 3.30. The fourth-order valence-corrected chi connectivity index (χ4v) is 6.26. The molecule has 1 amide bonds. The fraction of sp³-hybridized carbons (Fsp3) is 0.259. The quantitative estimate of drug-likeness (QED) is 0.656. The van der Waals surface area contributed by atoms with Crippen molar-refractivity contribution < 1.29 is 19.1 Å². The number of likely N-dealkylation sites (tertiary alicyclic amines) is 1. The summed E-state index contributed by atoms with van der Waals surface area (Å²) in [6.07, 6.45) is 0. The van der Waals surface area contributed by atoms with Gasteiger partial charge in [-0.15, -0.1) is 0 Å². The molecule has 6 heteroatoms. The van der Waals surface area contributed by atoms with E-state index in [9.17, 15) is 9.59 Å². The summed E-state index contributed by atoms with van der Waals surface area (Å²) in [5.41, 5.74) is 0.683. The highest BCUT2D eigenvalue weighted by molar-refractivity contribution is 6.15. The van der Waals surface area contributed by atoms with Gasteiger partial charge in [-0.3, -0.25) is 14.5 Å². The molecule has 0 radical (unpaired) electrons. The molecule has 3 aromatic rings. The van der Waals surface area contributed by atoms with Crippen LogP contribution < -0.4 is 14.8 Å². The molecule has 0 saturated carbocycles. The minimum absolute atomic E-state index is 0.0901. The Morgan fingerprint density at radius 2 is 1.79 bits per heavy atom. The van der Waals surface area contributed by atoms with Gasteiger partial charge in [-0.2, -0.15) is 0 Å². The lowest BCUT2D eigenvalue weighted by Gasteiger charge is -2.47. The summed E-state index contributed by atoms with van der Waals surface area (Å²) in [5, 5.41) is 3.06. The molecule has 166 valence electrons. The van der Waals surface area contributed by atoms with E-state index < -0.39 is 11.0 Å². The lowest BCUT2D eigenvalue weighted by atomic mass is 9.57. The number of carbonyl (C=O) groups excluding carboxylic acids is 2. The minimum atomic E-state index is -1.19. The lowest BCUT2D eigenvalue weighted by Crippen LogP contribution is -2.62. The second kappa shape index (κ2) is 6.93. The zero-order chi connectivity index (χ0) is 22.8. The predicted octanol–water partition coefficient (Wildman–Crippen LogP) is 3.83. The van der Waals surface area contributed by atoms with Gasteiger partial charge in [-0.05, 0) is 36.9 Å². The molecule has 1 saturated heterocycles. The van der Waals surface area contributed by atoms with Crippen molar-refractivity contribution in [3.63, 3.8) is 0 Å². The molecular formula is C27H24N2O4. The summed E-state index contributed by atoms with van der Waals surface area (Å²) in [7, 11) is 3.50. The van der Waals surface area contributed by atoms with Crippen LogP contribution in [0.15, 0.2) is 72.8 Å². The number of Topliss-reactive ketones (excluding diaryl/α,β-unsaturated/α-hetero) is 1. The number of amides is 1. The SMILES string of the molecule is COc1ccc2c(c1)C(=O)[C@]1(CO2)[C@@H](c2ccccc2)CN(C)[C@@]12C(=O)Nc1ccccc12. The normalized spacial score (nSPS) is 27.9. The molecule has 1 fully saturated rings. The highest BCUT2D eigenvalue weighted by Gasteiger charge is 2.75. The lowest BCUT2D eigenvalue weighted by molar-refractivity contribution is -0.131. The average molecular weight is 440 g/mol. The van der Waals surface area contributed by atoms with Gasteiger partial charge in [0.05, 0.1) is 12.7 Å². The number of nitrogens with zero attached hydrogens (tertiary/aromatic N) is 1. The van der Waals surface area contributed by atoms with Crippen LogP contribution in [0.25, 0.3) is 0 Å². The number of anilines is 1. The summed E-state index contributed by atoms with van der Waals surface area (Å²) in [4.78, 5) is 30.6. The number of benzene rings is 3. The molecular weight excluding hydrogens is 416 g/mol. The van der Waals surface area contributed by atoms with Gasteiger partial charge < -0.3 is 14.8 Å². The number of methoxy groups -OCH3 is 1. The Balaban J connectivity index is 1.66. The number of ether oxygens (including phenoxy) is 2. The Labute approximate surface area is 192 Å². The van der Waals surface area contributed by atoms with E-state index in [4.69, 9.17) is 9.47 Å². The van der Waals surface area contributed by atoms with E-state index >= 15 is 0 Å². The van der Waals surface area contributed by atoms with Gasteiger partial charge in [-0.1, -0.05) is 48.5 Å². The van der Waals surface area contributed by atoms with Crippen molar-refractivity contribution in [2.24, 2.45) is 5.41 Å². The highest BCUT2D eigenvalue weighted by atomic mass is 16.5. The summed E-state index contributed by atoms with van der Waals surface area (Å²) >= 11 is 0. The van der Waals surface area contributed by atoms with E-state index in [1.165, 1.54) is 0 Å². The second-order valence-electron chi connectivity index (χ2n) is 9.01. The number of rotatable bonds is 2. The first-order valence-corrected chi connectivity index (χ1v) is 11.1. The first-order valence-electron chi connectivity index (χ1n) is 11.1. The standard InChI is InChI=1S/C27H24N2O4/c1-29-15-21(17-8-4-3-5-9-17)26(27(29)20-10-6-7-11-22(20)28-25(27)31)16-33-23-13-12-18(32-2)14-19(23)24(26)30/h3-14,21H,15-16H2,1-2H3,(H,28,31)/t21-,26+,27+/m1/s1. The second-order valence-corrected chi connectivity index (χ2v) is 9.01. The first-order chi connectivity index (χ1) is 16.0. The maximum Gasteiger partial charge on any atom is 0.250 e. The largest absolute Gasteiger partial charge is 0.497 e. The predicted molar refractivity (Wildman–Crippen MR) is 124 cm³/mol. The van der Waals surface area contributed by atoms with E-state index in [-0.39, 0.29) is 24.2 Å². The molecule has 0 bridgehead atoms. The Morgan fingerprint density at radius 1 is 1.03 bits per heavy atom. The smallest absolute Gasteiger partial charge is 0.250 e. The van der Waals surface area contributed by atoms with Crippen molar-refractivity contribution >= 4 is 17.4 Å². The Hall–Kier alpha value is -3.64. The van der Waals surface area contributed by atoms with Crippen molar-refractivity contribution in [1.29, 1.82) is 0 Å². The molecule has 0 aliphatic carbocycles. The molecule has 3 atom stereocenters. The summed E-state index contributed by atoms with van der Waals surface area (Å²) in [5.74, 6) is 0.582. The van der Waals surface area contributed by atoms with E-state index in [2.05, 4.69) is 5.32 Å². The molecule has 6 rings (SSSR count). The molecule has 3 aromatic carbocycles. The topological polar surface area (TPSA) is 67.9 Å². The van der Waals surface area contributed by atoms with Gasteiger partial charge in [0, 0.05) is 23.7 Å². The van der Waals surface area contributed by atoms with Crippen LogP contribution in [0.5, 0.6) is 11.5 Å². The van der Waals surface area contributed by atoms with E-state index in [0.29, 0.717) is 23.6 Å². The van der Waals surface area contributed by atoms with Crippen molar-refractivity contribution in [2.75, 3.05) is 32.6 Å². The highest BCUT2D eigenvalue weighted by Crippen LogP contribution is 2.64. The summed E-state index contributed by atoms with van der Waals surface area (Å²) in [6, 6.07) is 22.9. The molecule has 3 aliphatic rings. The fourth-order valence-electron chi connectivity index (χ4n) is 6.26. The Bertz CT molecular complexity index is 1290. The van der Waals surface area contributed by atoms with Gasteiger partial charge in [0.15, 0.2) is 5.78 Å². The third-order valence-corrected chi connectivity index (χ3v) is 7.66.